The molecule has 3 rings (SSSR count). The van der Waals surface area contributed by atoms with E-state index in [0.717, 1.165) is 12.0 Å². The van der Waals surface area contributed by atoms with Crippen LogP contribution in [0.3, 0.4) is 0 Å². The number of ether oxygens (including phenoxy) is 1. The maximum atomic E-state index is 12.9. The van der Waals surface area contributed by atoms with E-state index in [0.29, 0.717) is 62.6 Å². The highest BCUT2D eigenvalue weighted by molar-refractivity contribution is 5.94. The summed E-state index contributed by atoms with van der Waals surface area (Å²) in [5, 5.41) is 18.4. The number of hydrogen-bond donors (Lipinski definition) is 1. The van der Waals surface area contributed by atoms with Crippen LogP contribution in [0.2, 0.25) is 0 Å². The molecule has 2 aromatic rings. The number of amides is 2. The minimum Gasteiger partial charge on any atom is -0.385 e. The Kier molecular flexibility index (Phi) is 8.16. The standard InChI is InChI=1S/C23H31N5O5/c1-16-21(28(31)32)17(2)27(25-16)15-18-5-7-20(8-6-18)23(30)26-12-9-19(10-13-26)22(29)24-11-4-14-33-3/h5-8,19H,4,9-15H2,1-3H3,(H,24,29). The minimum atomic E-state index is -0.413. The van der Waals surface area contributed by atoms with Crippen molar-refractivity contribution in [1.82, 2.24) is 20.0 Å². The summed E-state index contributed by atoms with van der Waals surface area (Å²) in [6.45, 7) is 6.01. The first kappa shape index (κ1) is 24.4. The van der Waals surface area contributed by atoms with Gasteiger partial charge in [-0.05, 0) is 50.8 Å². The van der Waals surface area contributed by atoms with Crippen LogP contribution in [0.15, 0.2) is 24.3 Å². The van der Waals surface area contributed by atoms with Gasteiger partial charge in [0.05, 0.1) is 11.5 Å². The van der Waals surface area contributed by atoms with Gasteiger partial charge in [0.1, 0.15) is 11.4 Å². The number of carbonyl (C=O) groups is 2. The van der Waals surface area contributed by atoms with Gasteiger partial charge in [0, 0.05) is 44.8 Å². The van der Waals surface area contributed by atoms with E-state index in [4.69, 9.17) is 4.74 Å². The number of likely N-dealkylation sites (tertiary alicyclic amines) is 1. The number of nitrogens with one attached hydrogen (secondary N) is 1. The van der Waals surface area contributed by atoms with Gasteiger partial charge in [0.2, 0.25) is 5.91 Å². The summed E-state index contributed by atoms with van der Waals surface area (Å²) < 4.78 is 6.59. The van der Waals surface area contributed by atoms with E-state index in [1.54, 1.807) is 42.7 Å². The Bertz CT molecular complexity index is 993. The van der Waals surface area contributed by atoms with Gasteiger partial charge in [0.15, 0.2) is 0 Å². The Morgan fingerprint density at radius 2 is 1.88 bits per heavy atom. The second-order valence-corrected chi connectivity index (χ2v) is 8.33. The van der Waals surface area contributed by atoms with Crippen LogP contribution < -0.4 is 5.32 Å². The number of methoxy groups -OCH3 is 1. The maximum Gasteiger partial charge on any atom is 0.312 e. The first-order valence-electron chi connectivity index (χ1n) is 11.1. The third-order valence-electron chi connectivity index (χ3n) is 6.04. The monoisotopic (exact) mass is 457 g/mol. The molecule has 0 bridgehead atoms. The number of carbonyl (C=O) groups excluding carboxylic acids is 2. The number of rotatable bonds is 9. The zero-order chi connectivity index (χ0) is 24.0. The molecule has 1 N–H and O–H groups in total. The molecule has 33 heavy (non-hydrogen) atoms. The molecule has 0 saturated carbocycles. The normalized spacial score (nSPS) is 14.3. The van der Waals surface area contributed by atoms with Crippen LogP contribution in [0, 0.1) is 29.9 Å². The number of nitro groups is 1. The second-order valence-electron chi connectivity index (χ2n) is 8.33. The number of hydrogen-bond acceptors (Lipinski definition) is 6. The van der Waals surface area contributed by atoms with E-state index >= 15 is 0 Å². The van der Waals surface area contributed by atoms with Gasteiger partial charge < -0.3 is 15.0 Å². The summed E-state index contributed by atoms with van der Waals surface area (Å²) in [5.41, 5.74) is 2.41. The first-order chi connectivity index (χ1) is 15.8. The Labute approximate surface area is 193 Å². The van der Waals surface area contributed by atoms with Crippen LogP contribution in [0.25, 0.3) is 0 Å². The smallest absolute Gasteiger partial charge is 0.312 e. The van der Waals surface area contributed by atoms with E-state index < -0.39 is 4.92 Å². The van der Waals surface area contributed by atoms with E-state index in [1.165, 1.54) is 0 Å². The molecule has 1 aliphatic rings. The Morgan fingerprint density at radius 1 is 1.21 bits per heavy atom. The van der Waals surface area contributed by atoms with Crippen molar-refractivity contribution in [3.05, 3.63) is 56.9 Å². The van der Waals surface area contributed by atoms with Gasteiger partial charge in [-0.3, -0.25) is 24.4 Å². The topological polar surface area (TPSA) is 120 Å². The van der Waals surface area contributed by atoms with E-state index in [9.17, 15) is 19.7 Å². The molecular weight excluding hydrogens is 426 g/mol. The van der Waals surface area contributed by atoms with Gasteiger partial charge in [-0.25, -0.2) is 0 Å². The molecule has 1 aromatic heterocycles. The Hall–Kier alpha value is -3.27. The Balaban J connectivity index is 1.53. The molecule has 2 heterocycles. The fraction of sp³-hybridized carbons (Fsp3) is 0.522. The van der Waals surface area contributed by atoms with Crippen molar-refractivity contribution in [3.8, 4) is 0 Å². The highest BCUT2D eigenvalue weighted by Crippen LogP contribution is 2.23. The summed E-state index contributed by atoms with van der Waals surface area (Å²) in [7, 11) is 1.64. The van der Waals surface area contributed by atoms with Crippen LogP contribution in [-0.2, 0) is 16.1 Å². The van der Waals surface area contributed by atoms with Crippen molar-refractivity contribution in [2.45, 2.75) is 39.7 Å². The summed E-state index contributed by atoms with van der Waals surface area (Å²) in [5.74, 6) is -0.0713. The van der Waals surface area contributed by atoms with Crippen molar-refractivity contribution in [1.29, 1.82) is 0 Å². The molecule has 0 unspecified atom stereocenters. The lowest BCUT2D eigenvalue weighted by molar-refractivity contribution is -0.386. The fourth-order valence-electron chi connectivity index (χ4n) is 4.13. The zero-order valence-electron chi connectivity index (χ0n) is 19.4. The van der Waals surface area contributed by atoms with Crippen molar-refractivity contribution in [2.75, 3.05) is 33.4 Å². The summed E-state index contributed by atoms with van der Waals surface area (Å²) in [4.78, 5) is 37.7. The highest BCUT2D eigenvalue weighted by Gasteiger charge is 2.27. The molecule has 0 radical (unpaired) electrons. The summed E-state index contributed by atoms with van der Waals surface area (Å²) in [6, 6.07) is 7.23. The van der Waals surface area contributed by atoms with Crippen LogP contribution >= 0.6 is 0 Å². The lowest BCUT2D eigenvalue weighted by atomic mass is 9.95. The van der Waals surface area contributed by atoms with Crippen LogP contribution in [-0.4, -0.2) is 64.8 Å². The maximum absolute atomic E-state index is 12.9. The predicted molar refractivity (Wildman–Crippen MR) is 122 cm³/mol. The van der Waals surface area contributed by atoms with Crippen molar-refractivity contribution >= 4 is 17.5 Å². The van der Waals surface area contributed by atoms with Crippen LogP contribution in [0.4, 0.5) is 5.69 Å². The molecule has 2 amide bonds. The Morgan fingerprint density at radius 3 is 2.45 bits per heavy atom. The lowest BCUT2D eigenvalue weighted by Crippen LogP contribution is -2.43. The van der Waals surface area contributed by atoms with Gasteiger partial charge in [-0.1, -0.05) is 12.1 Å². The van der Waals surface area contributed by atoms with Gasteiger partial charge in [-0.15, -0.1) is 0 Å². The summed E-state index contributed by atoms with van der Waals surface area (Å²) in [6.07, 6.45) is 2.08. The lowest BCUT2D eigenvalue weighted by Gasteiger charge is -2.31. The quantitative estimate of drug-likeness (QED) is 0.351. The van der Waals surface area contributed by atoms with Crippen LogP contribution in [0.1, 0.15) is 46.6 Å². The third kappa shape index (κ3) is 5.95. The molecule has 10 heteroatoms. The molecule has 0 atom stereocenters. The average molecular weight is 458 g/mol. The molecule has 1 saturated heterocycles. The zero-order valence-corrected chi connectivity index (χ0v) is 19.4. The molecule has 1 fully saturated rings. The predicted octanol–water partition coefficient (Wildman–Crippen LogP) is 2.46. The molecule has 0 spiro atoms. The molecule has 10 nitrogen and oxygen atoms in total. The molecular formula is C23H31N5O5. The van der Waals surface area contributed by atoms with Crippen molar-refractivity contribution < 1.29 is 19.2 Å². The van der Waals surface area contributed by atoms with Crippen molar-refractivity contribution in [2.24, 2.45) is 5.92 Å². The van der Waals surface area contributed by atoms with E-state index in [-0.39, 0.29) is 23.4 Å². The SMILES string of the molecule is COCCCNC(=O)C1CCN(C(=O)c2ccc(Cn3nc(C)c([N+](=O)[O-])c3C)cc2)CC1. The number of benzene rings is 1. The second kappa shape index (κ2) is 11.0. The van der Waals surface area contributed by atoms with Gasteiger partial charge in [0.25, 0.3) is 5.91 Å². The first-order valence-corrected chi connectivity index (χ1v) is 11.1. The van der Waals surface area contributed by atoms with Crippen molar-refractivity contribution in [3.63, 3.8) is 0 Å². The van der Waals surface area contributed by atoms with Crippen LogP contribution in [0.5, 0.6) is 0 Å². The molecule has 1 aliphatic heterocycles. The minimum absolute atomic E-state index is 0.0360. The number of aryl methyl sites for hydroxylation is 1. The average Bonchev–Trinajstić information content (AvgIpc) is 3.09. The number of nitrogens with zero attached hydrogens (tertiary/aromatic N) is 4. The van der Waals surface area contributed by atoms with Gasteiger partial charge in [-0.2, -0.15) is 5.10 Å². The number of piperidine rings is 1. The van der Waals surface area contributed by atoms with Gasteiger partial charge >= 0.3 is 5.69 Å². The molecule has 0 aliphatic carbocycles. The largest absolute Gasteiger partial charge is 0.385 e. The third-order valence-corrected chi connectivity index (χ3v) is 6.04. The fourth-order valence-corrected chi connectivity index (χ4v) is 4.13. The summed E-state index contributed by atoms with van der Waals surface area (Å²) >= 11 is 0. The number of aromatic nitrogens is 2. The molecule has 178 valence electrons. The van der Waals surface area contributed by atoms with E-state index in [1.807, 2.05) is 12.1 Å². The van der Waals surface area contributed by atoms with E-state index in [2.05, 4.69) is 10.4 Å². The molecule has 1 aromatic carbocycles. The highest BCUT2D eigenvalue weighted by atomic mass is 16.6.